The lowest BCUT2D eigenvalue weighted by Crippen LogP contribution is -2.37. The number of amides is 1. The lowest BCUT2D eigenvalue weighted by Gasteiger charge is -2.37. The van der Waals surface area contributed by atoms with Gasteiger partial charge in [-0.2, -0.15) is 13.2 Å². The van der Waals surface area contributed by atoms with E-state index in [1.807, 2.05) is 61.1 Å². The monoisotopic (exact) mass is 467 g/mol. The first-order valence-electron chi connectivity index (χ1n) is 10.6. The van der Waals surface area contributed by atoms with Gasteiger partial charge in [-0.15, -0.1) is 0 Å². The van der Waals surface area contributed by atoms with Gasteiger partial charge in [0.15, 0.2) is 0 Å². The largest absolute Gasteiger partial charge is 0.386 e. The Kier molecular flexibility index (Phi) is 9.62. The first kappa shape index (κ1) is 26.4. The van der Waals surface area contributed by atoms with Gasteiger partial charge in [0.1, 0.15) is 5.54 Å². The van der Waals surface area contributed by atoms with Gasteiger partial charge in [-0.1, -0.05) is 92.0 Å². The third kappa shape index (κ3) is 7.07. The van der Waals surface area contributed by atoms with Crippen molar-refractivity contribution >= 4 is 6.41 Å². The topological polar surface area (TPSA) is 46.9 Å². The third-order valence-electron chi connectivity index (χ3n) is 4.91. The number of nitrogens with zero attached hydrogens (tertiary/aromatic N) is 2. The molecule has 0 saturated heterocycles. The molecule has 3 rings (SSSR count). The van der Waals surface area contributed by atoms with E-state index in [1.165, 1.54) is 0 Å². The summed E-state index contributed by atoms with van der Waals surface area (Å²) < 4.78 is 33.2. The summed E-state index contributed by atoms with van der Waals surface area (Å²) in [6.45, 7) is 8.96. The molecule has 7 heteroatoms. The van der Waals surface area contributed by atoms with Crippen molar-refractivity contribution in [2.45, 2.75) is 25.1 Å². The van der Waals surface area contributed by atoms with E-state index < -0.39 is 11.7 Å². The van der Waals surface area contributed by atoms with Gasteiger partial charge < -0.3 is 9.88 Å². The highest BCUT2D eigenvalue weighted by atomic mass is 19.4. The number of nitrogens with one attached hydrogen (secondary N) is 1. The van der Waals surface area contributed by atoms with Crippen LogP contribution in [-0.2, 0) is 16.8 Å². The van der Waals surface area contributed by atoms with E-state index in [0.717, 1.165) is 22.4 Å². The van der Waals surface area contributed by atoms with Crippen LogP contribution in [0.1, 0.15) is 23.7 Å². The number of imidazole rings is 1. The Hall–Kier alpha value is -3.87. The van der Waals surface area contributed by atoms with Gasteiger partial charge in [0.05, 0.1) is 12.0 Å². The molecular formula is C27H28F3N3O. The van der Waals surface area contributed by atoms with Crippen LogP contribution in [0.15, 0.2) is 110 Å². The zero-order valence-electron chi connectivity index (χ0n) is 19.0. The van der Waals surface area contributed by atoms with Crippen molar-refractivity contribution in [1.29, 1.82) is 0 Å². The molecule has 0 aliphatic heterocycles. The molecule has 0 bridgehead atoms. The highest BCUT2D eigenvalue weighted by Gasteiger charge is 2.38. The van der Waals surface area contributed by atoms with Gasteiger partial charge in [0.2, 0.25) is 6.41 Å². The molecular weight excluding hydrogens is 439 g/mol. The number of benzene rings is 2. The van der Waals surface area contributed by atoms with Crippen molar-refractivity contribution in [3.05, 3.63) is 127 Å². The number of allylic oxidation sites excluding steroid dienone is 4. The Labute approximate surface area is 198 Å². The molecule has 1 heterocycles. The average Bonchev–Trinajstić information content (AvgIpc) is 3.28. The summed E-state index contributed by atoms with van der Waals surface area (Å²) in [7, 11) is 0. The number of hydrogen-bond acceptors (Lipinski definition) is 2. The lowest BCUT2D eigenvalue weighted by molar-refractivity contribution is -0.110. The van der Waals surface area contributed by atoms with Crippen LogP contribution >= 0.6 is 0 Å². The molecule has 0 spiro atoms. The van der Waals surface area contributed by atoms with Crippen LogP contribution in [0.3, 0.4) is 0 Å². The Morgan fingerprint density at radius 1 is 1.06 bits per heavy atom. The van der Waals surface area contributed by atoms with E-state index in [9.17, 15) is 18.0 Å². The van der Waals surface area contributed by atoms with Gasteiger partial charge in [0.25, 0.3) is 0 Å². The van der Waals surface area contributed by atoms with Crippen LogP contribution in [-0.4, -0.2) is 28.7 Å². The molecule has 1 aromatic heterocycles. The predicted molar refractivity (Wildman–Crippen MR) is 129 cm³/mol. The molecule has 0 aliphatic rings. The fourth-order valence-corrected chi connectivity index (χ4v) is 3.60. The SMILES string of the molecule is C=C/C=C\C(=C)C(c1ccccc1)(c1ccccc1)n1cnc(CCNC=O)c1.CC(F)(F)F. The lowest BCUT2D eigenvalue weighted by atomic mass is 9.76. The molecule has 2 aromatic carbocycles. The van der Waals surface area contributed by atoms with Crippen LogP contribution in [0.5, 0.6) is 0 Å². The standard InChI is InChI=1S/C25H25N3O.C2H3F3/c1-3-4-11-21(2)25(22-12-7-5-8-13-22,23-14-9-6-10-15-23)28-18-24(27-19-28)16-17-26-20-29;1-2(3,4)5/h3-15,18-20H,1-2,16-17H2,(H,26,29);1H3/b11-4-;. The number of aromatic nitrogens is 2. The van der Waals surface area contributed by atoms with Crippen LogP contribution in [0, 0.1) is 0 Å². The molecule has 1 amide bonds. The summed E-state index contributed by atoms with van der Waals surface area (Å²) in [6, 6.07) is 20.6. The normalized spacial score (nSPS) is 11.4. The Morgan fingerprint density at radius 3 is 2.06 bits per heavy atom. The van der Waals surface area contributed by atoms with Crippen molar-refractivity contribution in [2.24, 2.45) is 0 Å². The average molecular weight is 468 g/mol. The predicted octanol–water partition coefficient (Wildman–Crippen LogP) is 5.83. The maximum absolute atomic E-state index is 10.6. The smallest absolute Gasteiger partial charge is 0.358 e. The van der Waals surface area contributed by atoms with E-state index in [0.29, 0.717) is 19.4 Å². The van der Waals surface area contributed by atoms with Crippen molar-refractivity contribution in [3.63, 3.8) is 0 Å². The van der Waals surface area contributed by atoms with E-state index in [2.05, 4.69) is 52.3 Å². The Morgan fingerprint density at radius 2 is 1.59 bits per heavy atom. The molecule has 34 heavy (non-hydrogen) atoms. The number of hydrogen-bond donors (Lipinski definition) is 1. The summed E-state index contributed by atoms with van der Waals surface area (Å²) in [5.41, 5.74) is 3.30. The van der Waals surface area contributed by atoms with Crippen molar-refractivity contribution < 1.29 is 18.0 Å². The van der Waals surface area contributed by atoms with Gasteiger partial charge in [0, 0.05) is 26.1 Å². The molecule has 0 aliphatic carbocycles. The van der Waals surface area contributed by atoms with Gasteiger partial charge in [-0.05, 0) is 16.7 Å². The molecule has 0 atom stereocenters. The maximum atomic E-state index is 10.6. The molecule has 0 saturated carbocycles. The van der Waals surface area contributed by atoms with Crippen LogP contribution in [0.2, 0.25) is 0 Å². The molecule has 0 radical (unpaired) electrons. The third-order valence-corrected chi connectivity index (χ3v) is 4.91. The number of carbonyl (C=O) groups is 1. The molecule has 1 N–H and O–H groups in total. The molecule has 4 nitrogen and oxygen atoms in total. The van der Waals surface area contributed by atoms with Crippen molar-refractivity contribution in [1.82, 2.24) is 14.9 Å². The number of carbonyl (C=O) groups excluding carboxylic acids is 1. The van der Waals surface area contributed by atoms with Gasteiger partial charge in [-0.3, -0.25) is 4.79 Å². The van der Waals surface area contributed by atoms with Crippen molar-refractivity contribution in [2.75, 3.05) is 6.54 Å². The summed E-state index contributed by atoms with van der Waals surface area (Å²) >= 11 is 0. The fourth-order valence-electron chi connectivity index (χ4n) is 3.60. The van der Waals surface area contributed by atoms with Crippen LogP contribution < -0.4 is 5.32 Å². The Balaban J connectivity index is 0.000000739. The van der Waals surface area contributed by atoms with Crippen LogP contribution in [0.4, 0.5) is 13.2 Å². The zero-order chi connectivity index (χ0) is 25.0. The maximum Gasteiger partial charge on any atom is 0.386 e. The van der Waals surface area contributed by atoms with E-state index >= 15 is 0 Å². The number of halogens is 3. The van der Waals surface area contributed by atoms with Gasteiger partial charge >= 0.3 is 6.18 Å². The summed E-state index contributed by atoms with van der Waals surface area (Å²) in [6.07, 6.45) is 6.85. The quantitative estimate of drug-likeness (QED) is 0.232. The number of alkyl halides is 3. The fraction of sp³-hybridized carbons (Fsp3) is 0.185. The van der Waals surface area contributed by atoms with E-state index in [-0.39, 0.29) is 6.92 Å². The minimum atomic E-state index is -4.00. The summed E-state index contributed by atoms with van der Waals surface area (Å²) in [5.74, 6) is 0. The summed E-state index contributed by atoms with van der Waals surface area (Å²) in [4.78, 5) is 15.1. The van der Waals surface area contributed by atoms with Gasteiger partial charge in [-0.25, -0.2) is 4.98 Å². The van der Waals surface area contributed by atoms with Crippen molar-refractivity contribution in [3.8, 4) is 0 Å². The van der Waals surface area contributed by atoms with E-state index in [1.54, 1.807) is 6.08 Å². The first-order valence-corrected chi connectivity index (χ1v) is 10.6. The number of rotatable bonds is 10. The first-order chi connectivity index (χ1) is 16.2. The van der Waals surface area contributed by atoms with Crippen LogP contribution in [0.25, 0.3) is 0 Å². The summed E-state index contributed by atoms with van der Waals surface area (Å²) in [5, 5.41) is 2.69. The second-order valence-corrected chi connectivity index (χ2v) is 7.44. The molecule has 0 fully saturated rings. The minimum Gasteiger partial charge on any atom is -0.358 e. The minimum absolute atomic E-state index is 0.188. The molecule has 178 valence electrons. The molecule has 0 unspecified atom stereocenters. The molecule has 3 aromatic rings. The highest BCUT2D eigenvalue weighted by Crippen LogP contribution is 2.40. The highest BCUT2D eigenvalue weighted by molar-refractivity contribution is 5.52. The second-order valence-electron chi connectivity index (χ2n) is 7.44. The van der Waals surface area contributed by atoms with E-state index in [4.69, 9.17) is 0 Å². The zero-order valence-corrected chi connectivity index (χ0v) is 19.0. The second kappa shape index (κ2) is 12.4. The Bertz CT molecular complexity index is 1040.